The van der Waals surface area contributed by atoms with Crippen molar-refractivity contribution in [1.29, 1.82) is 0 Å². The highest BCUT2D eigenvalue weighted by molar-refractivity contribution is 8.63. The normalized spacial score (nSPS) is 19.1. The van der Waals surface area contributed by atoms with Crippen LogP contribution in [0.15, 0.2) is 97.1 Å². The van der Waals surface area contributed by atoms with Gasteiger partial charge in [0, 0.05) is 21.9 Å². The lowest BCUT2D eigenvalue weighted by molar-refractivity contribution is 0.634. The third-order valence-electron chi connectivity index (χ3n) is 7.06. The molecule has 1 unspecified atom stereocenters. The quantitative estimate of drug-likeness (QED) is 0.216. The zero-order valence-corrected chi connectivity index (χ0v) is 23.6. The van der Waals surface area contributed by atoms with E-state index in [0.717, 1.165) is 12.8 Å². The van der Waals surface area contributed by atoms with Crippen LogP contribution in [0.2, 0.25) is 0 Å². The molecular formula is C31H31F2P3. The van der Waals surface area contributed by atoms with Gasteiger partial charge in [-0.2, -0.15) is 0 Å². The summed E-state index contributed by atoms with van der Waals surface area (Å²) in [6.45, 7) is 6.58. The van der Waals surface area contributed by atoms with Crippen LogP contribution in [-0.2, 0) is 0 Å². The summed E-state index contributed by atoms with van der Waals surface area (Å²) in [5.41, 5.74) is 6.16. The lowest BCUT2D eigenvalue weighted by Crippen LogP contribution is -2.16. The number of hydrogen-bond donors (Lipinski definition) is 0. The third kappa shape index (κ3) is 5.20. The summed E-state index contributed by atoms with van der Waals surface area (Å²) in [4.78, 5) is 0. The largest absolute Gasteiger partial charge is 0.206 e. The molecule has 0 spiro atoms. The van der Waals surface area contributed by atoms with E-state index in [4.69, 9.17) is 0 Å². The molecule has 1 aliphatic heterocycles. The van der Waals surface area contributed by atoms with Crippen LogP contribution in [0, 0.1) is 25.5 Å². The van der Waals surface area contributed by atoms with Crippen LogP contribution in [0.5, 0.6) is 0 Å². The average Bonchev–Trinajstić information content (AvgIpc) is 3.32. The van der Waals surface area contributed by atoms with Gasteiger partial charge in [0.1, 0.15) is 11.6 Å². The van der Waals surface area contributed by atoms with Gasteiger partial charge in [0.05, 0.1) is 0 Å². The van der Waals surface area contributed by atoms with Crippen LogP contribution >= 0.6 is 22.5 Å². The van der Waals surface area contributed by atoms with E-state index in [2.05, 4.69) is 69.0 Å². The first-order valence-corrected chi connectivity index (χ1v) is 18.4. The molecule has 1 saturated heterocycles. The van der Waals surface area contributed by atoms with E-state index >= 15 is 8.78 Å². The molecule has 4 aromatic rings. The van der Waals surface area contributed by atoms with Crippen molar-refractivity contribution in [3.63, 3.8) is 0 Å². The smallest absolute Gasteiger partial charge is 0.131 e. The Morgan fingerprint density at radius 2 is 1.00 bits per heavy atom. The summed E-state index contributed by atoms with van der Waals surface area (Å²) in [5, 5.41) is 1.37. The Morgan fingerprint density at radius 3 is 1.39 bits per heavy atom. The number of rotatable bonds is 6. The Kier molecular flexibility index (Phi) is 7.98. The molecule has 0 aromatic heterocycles. The minimum Gasteiger partial charge on any atom is -0.206 e. The van der Waals surface area contributed by atoms with Crippen LogP contribution < -0.4 is 10.6 Å². The predicted octanol–water partition coefficient (Wildman–Crippen LogP) is 9.71. The molecule has 36 heavy (non-hydrogen) atoms. The van der Waals surface area contributed by atoms with Crippen molar-refractivity contribution in [1.82, 2.24) is 0 Å². The topological polar surface area (TPSA) is 0 Å². The van der Waals surface area contributed by atoms with Gasteiger partial charge >= 0.3 is 0 Å². The fourth-order valence-corrected chi connectivity index (χ4v) is 23.5. The van der Waals surface area contributed by atoms with Gasteiger partial charge in [0.25, 0.3) is 0 Å². The van der Waals surface area contributed by atoms with E-state index in [-0.39, 0.29) is 11.6 Å². The molecule has 3 atom stereocenters. The Labute approximate surface area is 217 Å². The summed E-state index contributed by atoms with van der Waals surface area (Å²) in [7, 11) is -2.45. The molecule has 4 aromatic carbocycles. The first-order chi connectivity index (χ1) is 17.4. The summed E-state index contributed by atoms with van der Waals surface area (Å²) >= 11 is 0. The first kappa shape index (κ1) is 25.7. The van der Waals surface area contributed by atoms with Crippen molar-refractivity contribution in [2.45, 2.75) is 38.0 Å². The van der Waals surface area contributed by atoms with E-state index < -0.39 is 22.5 Å². The molecule has 1 aliphatic rings. The van der Waals surface area contributed by atoms with Gasteiger partial charge in [0.15, 0.2) is 0 Å². The lowest BCUT2D eigenvalue weighted by atomic mass is 10.0. The summed E-state index contributed by atoms with van der Waals surface area (Å²) in [6.07, 6.45) is 2.25. The van der Waals surface area contributed by atoms with Crippen molar-refractivity contribution in [2.75, 3.05) is 6.66 Å². The number of halogens is 2. The molecule has 0 N–H and O–H groups in total. The van der Waals surface area contributed by atoms with Gasteiger partial charge < -0.3 is 0 Å². The van der Waals surface area contributed by atoms with Crippen LogP contribution in [0.3, 0.4) is 0 Å². The van der Waals surface area contributed by atoms with Crippen LogP contribution in [0.25, 0.3) is 0 Å². The van der Waals surface area contributed by atoms with Gasteiger partial charge in [-0.25, -0.2) is 8.78 Å². The molecule has 0 nitrogen and oxygen atoms in total. The molecular weight excluding hydrogens is 503 g/mol. The Balaban J connectivity index is 1.65. The van der Waals surface area contributed by atoms with Crippen molar-refractivity contribution < 1.29 is 8.78 Å². The Morgan fingerprint density at radius 1 is 0.611 bits per heavy atom. The molecule has 0 aliphatic carbocycles. The predicted molar refractivity (Wildman–Crippen MR) is 156 cm³/mol. The van der Waals surface area contributed by atoms with E-state index in [1.807, 2.05) is 24.3 Å². The second-order valence-electron chi connectivity index (χ2n) is 9.51. The standard InChI is InChI=1S/C31H31F2P3/c1-22-12-16-24(17-13-22)28-20-21-29(25-18-14-23(2)15-19-25)35(28)34(3)36(30-10-6-4-8-26(30)32)31-11-7-5-9-27(31)33/h4-19,28-29H,20-21H2,1-3H3/t28-,29-,34?/m0/s1. The van der Waals surface area contributed by atoms with Gasteiger partial charge in [0.2, 0.25) is 0 Å². The highest BCUT2D eigenvalue weighted by Crippen LogP contribution is 2.94. The fourth-order valence-electron chi connectivity index (χ4n) is 5.21. The maximum atomic E-state index is 15.3. The molecule has 1 heterocycles. The minimum absolute atomic E-state index is 0.214. The van der Waals surface area contributed by atoms with Crippen molar-refractivity contribution in [2.24, 2.45) is 0 Å². The van der Waals surface area contributed by atoms with E-state index in [0.29, 0.717) is 21.9 Å². The van der Waals surface area contributed by atoms with Crippen molar-refractivity contribution in [3.05, 3.63) is 131 Å². The van der Waals surface area contributed by atoms with Gasteiger partial charge in [-0.15, -0.1) is 0 Å². The van der Waals surface area contributed by atoms with E-state index in [1.54, 1.807) is 12.1 Å². The molecule has 0 saturated carbocycles. The first-order valence-electron chi connectivity index (χ1n) is 12.4. The molecule has 5 heteroatoms. The summed E-state index contributed by atoms with van der Waals surface area (Å²) in [5.74, 6) is -0.427. The molecule has 184 valence electrons. The lowest BCUT2D eigenvalue weighted by Gasteiger charge is -2.38. The number of benzene rings is 4. The van der Waals surface area contributed by atoms with Gasteiger partial charge in [-0.1, -0.05) is 104 Å². The Hall–Kier alpha value is -1.97. The number of hydrogen-bond acceptors (Lipinski definition) is 0. The fraction of sp³-hybridized carbons (Fsp3) is 0.226. The molecule has 5 rings (SSSR count). The van der Waals surface area contributed by atoms with Gasteiger partial charge in [-0.3, -0.25) is 0 Å². The van der Waals surface area contributed by atoms with Crippen molar-refractivity contribution >= 4 is 33.1 Å². The zero-order chi connectivity index (χ0) is 25.2. The van der Waals surface area contributed by atoms with Crippen LogP contribution in [0.1, 0.15) is 46.4 Å². The zero-order valence-electron chi connectivity index (χ0n) is 20.9. The molecule has 1 fully saturated rings. The SMILES string of the molecule is Cc1ccc([C@@H]2CC[C@@H](c3ccc(C)cc3)P2P(C)P(c2ccccc2F)c2ccccc2F)cc1. The third-order valence-corrected chi connectivity index (χ3v) is 22.5. The van der Waals surface area contributed by atoms with Gasteiger partial charge in [-0.05, 0) is 71.5 Å². The maximum absolute atomic E-state index is 15.3. The maximum Gasteiger partial charge on any atom is 0.131 e. The van der Waals surface area contributed by atoms with Crippen LogP contribution in [-0.4, -0.2) is 6.66 Å². The molecule has 0 bridgehead atoms. The van der Waals surface area contributed by atoms with E-state index in [9.17, 15) is 0 Å². The summed E-state index contributed by atoms with van der Waals surface area (Å²) in [6, 6.07) is 32.1. The molecule has 0 amide bonds. The minimum atomic E-state index is -1.17. The van der Waals surface area contributed by atoms with Crippen LogP contribution in [0.4, 0.5) is 8.78 Å². The Bertz CT molecular complexity index is 1220. The van der Waals surface area contributed by atoms with E-state index in [1.165, 1.54) is 34.4 Å². The van der Waals surface area contributed by atoms with Crippen molar-refractivity contribution in [3.8, 4) is 0 Å². The monoisotopic (exact) mass is 534 g/mol. The highest BCUT2D eigenvalue weighted by atomic mass is 32.5. The second-order valence-corrected chi connectivity index (χ2v) is 21.2. The summed E-state index contributed by atoms with van der Waals surface area (Å²) < 4.78 is 30.7. The number of aryl methyl sites for hydroxylation is 2. The molecule has 0 radical (unpaired) electrons. The average molecular weight is 535 g/mol. The highest BCUT2D eigenvalue weighted by Gasteiger charge is 2.44. The second kappa shape index (κ2) is 11.2.